The van der Waals surface area contributed by atoms with Crippen molar-refractivity contribution in [3.05, 3.63) is 0 Å². The van der Waals surface area contributed by atoms with Gasteiger partial charge in [-0.05, 0) is 32.5 Å². The Kier molecular flexibility index (Phi) is 7.04. The van der Waals surface area contributed by atoms with Crippen molar-refractivity contribution in [3.8, 4) is 0 Å². The largest absolute Gasteiger partial charge is 0.303 e. The maximum atomic E-state index is 2.49. The van der Waals surface area contributed by atoms with E-state index in [9.17, 15) is 0 Å². The summed E-state index contributed by atoms with van der Waals surface area (Å²) in [6, 6.07) is 0. The summed E-state index contributed by atoms with van der Waals surface area (Å²) in [6.45, 7) is 10.5. The molecule has 0 saturated carbocycles. The Morgan fingerprint density at radius 1 is 1.10 bits per heavy atom. The Bertz CT molecular complexity index is 57.7. The van der Waals surface area contributed by atoms with E-state index in [2.05, 4.69) is 25.7 Å². The molecule has 0 aromatic carbocycles. The summed E-state index contributed by atoms with van der Waals surface area (Å²) < 4.78 is 0. The molecule has 62 valence electrons. The monoisotopic (exact) mass is 143 g/mol. The number of hydrogen-bond donors (Lipinski definition) is 0. The van der Waals surface area contributed by atoms with Crippen molar-refractivity contribution in [1.82, 2.24) is 4.90 Å². The van der Waals surface area contributed by atoms with E-state index in [1.807, 2.05) is 0 Å². The molecule has 0 amide bonds. The predicted molar refractivity (Wildman–Crippen MR) is 47.3 cm³/mol. The third-order valence-electron chi connectivity index (χ3n) is 1.49. The van der Waals surface area contributed by atoms with Crippen LogP contribution in [0.4, 0.5) is 0 Å². The zero-order chi connectivity index (χ0) is 7.82. The van der Waals surface area contributed by atoms with Crippen molar-refractivity contribution in [2.24, 2.45) is 0 Å². The Morgan fingerprint density at radius 2 is 1.60 bits per heavy atom. The lowest BCUT2D eigenvalue weighted by molar-refractivity contribution is 0.182. The molecular weight excluding hydrogens is 122 g/mol. The van der Waals surface area contributed by atoms with Crippen LogP contribution in [0, 0.1) is 0 Å². The SMILES string of the molecule is CCC.CCCN1CCC1. The van der Waals surface area contributed by atoms with Crippen molar-refractivity contribution in [1.29, 1.82) is 0 Å². The zero-order valence-electron chi connectivity index (χ0n) is 7.69. The van der Waals surface area contributed by atoms with Crippen LogP contribution in [0.25, 0.3) is 0 Å². The lowest BCUT2D eigenvalue weighted by Crippen LogP contribution is -2.37. The second-order valence-electron chi connectivity index (χ2n) is 2.90. The minimum Gasteiger partial charge on any atom is -0.303 e. The first kappa shape index (κ1) is 9.96. The lowest BCUT2D eigenvalue weighted by atomic mass is 10.2. The van der Waals surface area contributed by atoms with Gasteiger partial charge >= 0.3 is 0 Å². The molecule has 10 heavy (non-hydrogen) atoms. The van der Waals surface area contributed by atoms with Crippen molar-refractivity contribution in [3.63, 3.8) is 0 Å². The van der Waals surface area contributed by atoms with Gasteiger partial charge in [0.05, 0.1) is 0 Å². The zero-order valence-corrected chi connectivity index (χ0v) is 7.69. The predicted octanol–water partition coefficient (Wildman–Crippen LogP) is 2.52. The minimum atomic E-state index is 1.25. The molecule has 0 aliphatic carbocycles. The number of likely N-dealkylation sites (tertiary alicyclic amines) is 1. The van der Waals surface area contributed by atoms with Crippen LogP contribution in [0.3, 0.4) is 0 Å². The fourth-order valence-electron chi connectivity index (χ4n) is 0.922. The highest BCUT2D eigenvalue weighted by Gasteiger charge is 2.10. The first-order valence-electron chi connectivity index (χ1n) is 4.57. The average molecular weight is 143 g/mol. The van der Waals surface area contributed by atoms with E-state index in [0.29, 0.717) is 0 Å². The lowest BCUT2D eigenvalue weighted by Gasteiger charge is -2.29. The van der Waals surface area contributed by atoms with Gasteiger partial charge in [0.15, 0.2) is 0 Å². The second kappa shape index (κ2) is 7.07. The van der Waals surface area contributed by atoms with Crippen molar-refractivity contribution < 1.29 is 0 Å². The van der Waals surface area contributed by atoms with Gasteiger partial charge in [0.2, 0.25) is 0 Å². The molecule has 1 rings (SSSR count). The molecule has 1 fully saturated rings. The Labute approximate surface area is 65.4 Å². The third-order valence-corrected chi connectivity index (χ3v) is 1.49. The molecule has 1 aliphatic rings. The Balaban J connectivity index is 0.000000236. The van der Waals surface area contributed by atoms with Crippen LogP contribution in [0.2, 0.25) is 0 Å². The molecule has 0 aromatic rings. The normalized spacial score (nSPS) is 17.1. The molecule has 0 atom stereocenters. The molecule has 0 N–H and O–H groups in total. The first-order valence-corrected chi connectivity index (χ1v) is 4.57. The van der Waals surface area contributed by atoms with Crippen molar-refractivity contribution in [2.45, 2.75) is 40.0 Å². The highest BCUT2D eigenvalue weighted by molar-refractivity contribution is 4.66. The maximum absolute atomic E-state index is 2.49. The topological polar surface area (TPSA) is 3.24 Å². The van der Waals surface area contributed by atoms with Gasteiger partial charge in [-0.2, -0.15) is 0 Å². The van der Waals surface area contributed by atoms with Crippen molar-refractivity contribution >= 4 is 0 Å². The van der Waals surface area contributed by atoms with E-state index < -0.39 is 0 Å². The van der Waals surface area contributed by atoms with Crippen LogP contribution in [-0.4, -0.2) is 24.5 Å². The summed E-state index contributed by atoms with van der Waals surface area (Å²) in [7, 11) is 0. The smallest absolute Gasteiger partial charge is 0.000654 e. The van der Waals surface area contributed by atoms with E-state index in [-0.39, 0.29) is 0 Å². The van der Waals surface area contributed by atoms with Gasteiger partial charge in [-0.1, -0.05) is 27.2 Å². The maximum Gasteiger partial charge on any atom is -0.000654 e. The molecule has 0 aromatic heterocycles. The fraction of sp³-hybridized carbons (Fsp3) is 1.00. The first-order chi connectivity index (χ1) is 4.85. The minimum absolute atomic E-state index is 1.25. The molecule has 1 heterocycles. The van der Waals surface area contributed by atoms with Crippen LogP contribution in [0.1, 0.15) is 40.0 Å². The molecule has 0 bridgehead atoms. The molecular formula is C9H21N. The summed E-state index contributed by atoms with van der Waals surface area (Å²) >= 11 is 0. The Hall–Kier alpha value is -0.0400. The van der Waals surface area contributed by atoms with Gasteiger partial charge in [-0.3, -0.25) is 0 Å². The standard InChI is InChI=1S/C6H13N.C3H8/c1-2-4-7-5-3-6-7;1-3-2/h2-6H2,1H3;3H2,1-2H3. The third kappa shape index (κ3) is 4.80. The number of nitrogens with zero attached hydrogens (tertiary/aromatic N) is 1. The molecule has 0 radical (unpaired) electrons. The van der Waals surface area contributed by atoms with Crippen LogP contribution >= 0.6 is 0 Å². The summed E-state index contributed by atoms with van der Waals surface area (Å²) in [4.78, 5) is 2.49. The summed E-state index contributed by atoms with van der Waals surface area (Å²) in [5, 5.41) is 0. The highest BCUT2D eigenvalue weighted by atomic mass is 15.2. The van der Waals surface area contributed by atoms with E-state index in [4.69, 9.17) is 0 Å². The Morgan fingerprint density at radius 3 is 1.70 bits per heavy atom. The molecule has 0 unspecified atom stereocenters. The van der Waals surface area contributed by atoms with Crippen LogP contribution in [-0.2, 0) is 0 Å². The van der Waals surface area contributed by atoms with Gasteiger partial charge in [0, 0.05) is 0 Å². The van der Waals surface area contributed by atoms with Gasteiger partial charge < -0.3 is 4.90 Å². The molecule has 1 nitrogen and oxygen atoms in total. The summed E-state index contributed by atoms with van der Waals surface area (Å²) in [5.74, 6) is 0. The van der Waals surface area contributed by atoms with Gasteiger partial charge in [0.1, 0.15) is 0 Å². The van der Waals surface area contributed by atoms with E-state index in [1.165, 1.54) is 38.9 Å². The molecule has 1 aliphatic heterocycles. The van der Waals surface area contributed by atoms with Gasteiger partial charge in [-0.15, -0.1) is 0 Å². The summed E-state index contributed by atoms with van der Waals surface area (Å²) in [5.41, 5.74) is 0. The average Bonchev–Trinajstić information content (AvgIpc) is 1.81. The van der Waals surface area contributed by atoms with Crippen LogP contribution in [0.5, 0.6) is 0 Å². The summed E-state index contributed by atoms with van der Waals surface area (Å²) in [6.07, 6.45) is 4.00. The number of rotatable bonds is 2. The molecule has 1 heteroatoms. The molecule has 0 spiro atoms. The molecule has 1 saturated heterocycles. The van der Waals surface area contributed by atoms with E-state index in [0.717, 1.165) is 0 Å². The highest BCUT2D eigenvalue weighted by Crippen LogP contribution is 2.04. The van der Waals surface area contributed by atoms with Crippen molar-refractivity contribution in [2.75, 3.05) is 19.6 Å². The van der Waals surface area contributed by atoms with E-state index >= 15 is 0 Å². The quantitative estimate of drug-likeness (QED) is 0.574. The fourth-order valence-corrected chi connectivity index (χ4v) is 0.922. The number of hydrogen-bond acceptors (Lipinski definition) is 1. The van der Waals surface area contributed by atoms with Crippen LogP contribution in [0.15, 0.2) is 0 Å². The van der Waals surface area contributed by atoms with E-state index in [1.54, 1.807) is 0 Å². The van der Waals surface area contributed by atoms with Crippen LogP contribution < -0.4 is 0 Å². The van der Waals surface area contributed by atoms with Gasteiger partial charge in [0.25, 0.3) is 0 Å². The van der Waals surface area contributed by atoms with Gasteiger partial charge in [-0.25, -0.2) is 0 Å². The second-order valence-corrected chi connectivity index (χ2v) is 2.90.